The first-order valence-electron chi connectivity index (χ1n) is 5.75. The molecule has 0 unspecified atom stereocenters. The third kappa shape index (κ3) is 3.23. The Morgan fingerprint density at radius 1 is 1.50 bits per heavy atom. The Hall–Kier alpha value is -1.57. The molecule has 0 aliphatic carbocycles. The van der Waals surface area contributed by atoms with Gasteiger partial charge in [0, 0.05) is 30.7 Å². The molecule has 0 radical (unpaired) electrons. The first-order valence-corrected chi connectivity index (χ1v) is 5.75. The van der Waals surface area contributed by atoms with E-state index in [1.807, 2.05) is 26.4 Å². The number of nitrogens with zero attached hydrogens (tertiary/aromatic N) is 1. The monoisotopic (exact) mass is 216 g/mol. The quantitative estimate of drug-likeness (QED) is 0.765. The number of pyridine rings is 1. The molecule has 16 heavy (non-hydrogen) atoms. The number of nitrogens with one attached hydrogen (secondary N) is 1. The second kappa shape index (κ2) is 6.83. The summed E-state index contributed by atoms with van der Waals surface area (Å²) >= 11 is 0. The van der Waals surface area contributed by atoms with Gasteiger partial charge in [-0.25, -0.2) is 0 Å². The van der Waals surface area contributed by atoms with Crippen molar-refractivity contribution < 1.29 is 0 Å². The minimum Gasteiger partial charge on any atom is -0.388 e. The molecule has 1 aromatic heterocycles. The second-order valence-electron chi connectivity index (χ2n) is 3.56. The number of rotatable bonds is 5. The standard InChI is InChI=1S/C14H20N2/c1-4-6-7-8-14(15-3)13-9-10-16-11-12(13)5-2/h4,6,8-11,15H,5,7H2,1-3H3/b6-4?,14-8-. The summed E-state index contributed by atoms with van der Waals surface area (Å²) in [7, 11) is 1.96. The van der Waals surface area contributed by atoms with E-state index in [9.17, 15) is 0 Å². The van der Waals surface area contributed by atoms with E-state index in [0.29, 0.717) is 0 Å². The van der Waals surface area contributed by atoms with E-state index in [1.54, 1.807) is 0 Å². The molecule has 2 heteroatoms. The zero-order valence-electron chi connectivity index (χ0n) is 10.3. The summed E-state index contributed by atoms with van der Waals surface area (Å²) in [6, 6.07) is 2.07. The van der Waals surface area contributed by atoms with Crippen LogP contribution < -0.4 is 5.32 Å². The van der Waals surface area contributed by atoms with Crippen molar-refractivity contribution in [2.24, 2.45) is 0 Å². The Labute approximate surface area is 98.1 Å². The summed E-state index contributed by atoms with van der Waals surface area (Å²) in [6.07, 6.45) is 12.2. The molecule has 0 aliphatic heterocycles. The van der Waals surface area contributed by atoms with E-state index < -0.39 is 0 Å². The number of allylic oxidation sites excluding steroid dienone is 3. The van der Waals surface area contributed by atoms with Crippen molar-refractivity contribution in [3.63, 3.8) is 0 Å². The third-order valence-electron chi connectivity index (χ3n) is 2.54. The largest absolute Gasteiger partial charge is 0.388 e. The van der Waals surface area contributed by atoms with E-state index in [2.05, 4.69) is 41.5 Å². The summed E-state index contributed by atoms with van der Waals surface area (Å²) in [6.45, 7) is 4.19. The van der Waals surface area contributed by atoms with E-state index in [-0.39, 0.29) is 0 Å². The van der Waals surface area contributed by atoms with Gasteiger partial charge in [-0.1, -0.05) is 25.2 Å². The molecular formula is C14H20N2. The lowest BCUT2D eigenvalue weighted by atomic mass is 10.0. The maximum atomic E-state index is 4.16. The first kappa shape index (κ1) is 12.5. The van der Waals surface area contributed by atoms with E-state index in [0.717, 1.165) is 12.8 Å². The van der Waals surface area contributed by atoms with Crippen LogP contribution in [0.25, 0.3) is 5.70 Å². The Balaban J connectivity index is 2.98. The summed E-state index contributed by atoms with van der Waals surface area (Å²) in [5.74, 6) is 0. The number of hydrogen-bond donors (Lipinski definition) is 1. The van der Waals surface area contributed by atoms with Crippen molar-refractivity contribution >= 4 is 5.70 Å². The molecule has 1 rings (SSSR count). The zero-order valence-corrected chi connectivity index (χ0v) is 10.3. The number of hydrogen-bond acceptors (Lipinski definition) is 2. The fourth-order valence-electron chi connectivity index (χ4n) is 1.64. The summed E-state index contributed by atoms with van der Waals surface area (Å²) in [5, 5.41) is 3.25. The molecule has 1 aromatic rings. The smallest absolute Gasteiger partial charge is 0.0377 e. The lowest BCUT2D eigenvalue weighted by Gasteiger charge is -2.10. The molecule has 2 nitrogen and oxygen atoms in total. The van der Waals surface area contributed by atoms with Crippen molar-refractivity contribution in [1.29, 1.82) is 0 Å². The lowest BCUT2D eigenvalue weighted by Crippen LogP contribution is -2.07. The normalized spacial score (nSPS) is 12.1. The van der Waals surface area contributed by atoms with Crippen LogP contribution in [0.15, 0.2) is 36.7 Å². The average molecular weight is 216 g/mol. The van der Waals surface area contributed by atoms with E-state index >= 15 is 0 Å². The van der Waals surface area contributed by atoms with Gasteiger partial charge < -0.3 is 5.32 Å². The van der Waals surface area contributed by atoms with Crippen molar-refractivity contribution in [1.82, 2.24) is 10.3 Å². The van der Waals surface area contributed by atoms with Crippen LogP contribution >= 0.6 is 0 Å². The van der Waals surface area contributed by atoms with Crippen molar-refractivity contribution in [3.8, 4) is 0 Å². The number of aromatic nitrogens is 1. The highest BCUT2D eigenvalue weighted by Gasteiger charge is 2.03. The zero-order chi connectivity index (χ0) is 11.8. The van der Waals surface area contributed by atoms with Gasteiger partial charge in [-0.2, -0.15) is 0 Å². The van der Waals surface area contributed by atoms with Crippen LogP contribution in [0.5, 0.6) is 0 Å². The average Bonchev–Trinajstić information content (AvgIpc) is 2.35. The third-order valence-corrected chi connectivity index (χ3v) is 2.54. The molecular weight excluding hydrogens is 196 g/mol. The SMILES string of the molecule is CC=CC/C=C(\NC)c1ccncc1CC. The summed E-state index contributed by atoms with van der Waals surface area (Å²) in [5.41, 5.74) is 3.71. The molecule has 1 N–H and O–H groups in total. The highest BCUT2D eigenvalue weighted by Crippen LogP contribution is 2.16. The molecule has 0 bridgehead atoms. The van der Waals surface area contributed by atoms with Gasteiger partial charge in [0.05, 0.1) is 0 Å². The Morgan fingerprint density at radius 2 is 2.31 bits per heavy atom. The van der Waals surface area contributed by atoms with Gasteiger partial charge in [0.15, 0.2) is 0 Å². The minimum atomic E-state index is 0.956. The molecule has 0 saturated carbocycles. The summed E-state index contributed by atoms with van der Waals surface area (Å²) in [4.78, 5) is 4.16. The molecule has 0 fully saturated rings. The van der Waals surface area contributed by atoms with Crippen LogP contribution in [0, 0.1) is 0 Å². The molecule has 0 saturated heterocycles. The van der Waals surface area contributed by atoms with Gasteiger partial charge >= 0.3 is 0 Å². The predicted molar refractivity (Wildman–Crippen MR) is 70.1 cm³/mol. The maximum Gasteiger partial charge on any atom is 0.0377 e. The lowest BCUT2D eigenvalue weighted by molar-refractivity contribution is 1.05. The maximum absolute atomic E-state index is 4.16. The second-order valence-corrected chi connectivity index (χ2v) is 3.56. The topological polar surface area (TPSA) is 24.9 Å². The van der Waals surface area contributed by atoms with Crippen molar-refractivity contribution in [2.45, 2.75) is 26.7 Å². The fourth-order valence-corrected chi connectivity index (χ4v) is 1.64. The molecule has 0 aliphatic rings. The van der Waals surface area contributed by atoms with E-state index in [4.69, 9.17) is 0 Å². The Kier molecular flexibility index (Phi) is 5.34. The number of aryl methyl sites for hydroxylation is 1. The minimum absolute atomic E-state index is 0.956. The van der Waals surface area contributed by atoms with Crippen LogP contribution in [0.4, 0.5) is 0 Å². The van der Waals surface area contributed by atoms with Crippen LogP contribution in [-0.2, 0) is 6.42 Å². The van der Waals surface area contributed by atoms with Gasteiger partial charge in [0.2, 0.25) is 0 Å². The molecule has 1 heterocycles. The van der Waals surface area contributed by atoms with E-state index in [1.165, 1.54) is 16.8 Å². The van der Waals surface area contributed by atoms with Gasteiger partial charge in [-0.3, -0.25) is 4.98 Å². The molecule has 0 aromatic carbocycles. The van der Waals surface area contributed by atoms with Crippen molar-refractivity contribution in [2.75, 3.05) is 7.05 Å². The molecule has 0 amide bonds. The summed E-state index contributed by atoms with van der Waals surface area (Å²) < 4.78 is 0. The van der Waals surface area contributed by atoms with Gasteiger partial charge in [0.25, 0.3) is 0 Å². The molecule has 0 atom stereocenters. The van der Waals surface area contributed by atoms with Gasteiger partial charge in [-0.15, -0.1) is 0 Å². The van der Waals surface area contributed by atoms with Gasteiger partial charge in [0.1, 0.15) is 0 Å². The highest BCUT2D eigenvalue weighted by molar-refractivity contribution is 5.66. The van der Waals surface area contributed by atoms with Crippen LogP contribution in [-0.4, -0.2) is 12.0 Å². The highest BCUT2D eigenvalue weighted by atomic mass is 14.8. The van der Waals surface area contributed by atoms with Gasteiger partial charge in [-0.05, 0) is 31.4 Å². The molecule has 0 spiro atoms. The van der Waals surface area contributed by atoms with Crippen LogP contribution in [0.1, 0.15) is 31.4 Å². The van der Waals surface area contributed by atoms with Crippen molar-refractivity contribution in [3.05, 3.63) is 47.8 Å². The first-order chi connectivity index (χ1) is 7.83. The molecule has 86 valence electrons. The Bertz CT molecular complexity index is 378. The fraction of sp³-hybridized carbons (Fsp3) is 0.357. The van der Waals surface area contributed by atoms with Crippen LogP contribution in [0.3, 0.4) is 0 Å². The predicted octanol–water partition coefficient (Wildman–Crippen LogP) is 3.17. The van der Waals surface area contributed by atoms with Crippen LogP contribution in [0.2, 0.25) is 0 Å². The Morgan fingerprint density at radius 3 is 2.94 bits per heavy atom.